The zero-order chi connectivity index (χ0) is 20.2. The van der Waals surface area contributed by atoms with Crippen molar-refractivity contribution in [2.75, 3.05) is 4.90 Å². The first-order valence-electron chi connectivity index (χ1n) is 9.26. The topological polar surface area (TPSA) is 53.4 Å². The van der Waals surface area contributed by atoms with Gasteiger partial charge in [-0.15, -0.1) is 0 Å². The Hall–Kier alpha value is -3.31. The van der Waals surface area contributed by atoms with Crippen LogP contribution in [0.3, 0.4) is 0 Å². The summed E-state index contributed by atoms with van der Waals surface area (Å²) in [5.41, 5.74) is 3.79. The Morgan fingerprint density at radius 3 is 2.52 bits per heavy atom. The van der Waals surface area contributed by atoms with Gasteiger partial charge in [-0.3, -0.25) is 15.1 Å². The highest BCUT2D eigenvalue weighted by molar-refractivity contribution is 8.19. The lowest BCUT2D eigenvalue weighted by Crippen LogP contribution is -2.28. The summed E-state index contributed by atoms with van der Waals surface area (Å²) in [6.07, 6.45) is 1.81. The van der Waals surface area contributed by atoms with Crippen LogP contribution < -0.4 is 9.64 Å². The lowest BCUT2D eigenvalue weighted by atomic mass is 10.2. The molecule has 0 saturated carbocycles. The Kier molecular flexibility index (Phi) is 5.49. The number of hydrogen-bond donors (Lipinski definition) is 1. The van der Waals surface area contributed by atoms with Crippen LogP contribution in [-0.2, 0) is 11.4 Å². The van der Waals surface area contributed by atoms with Gasteiger partial charge in [-0.1, -0.05) is 60.2 Å². The number of thioether (sulfide) groups is 1. The number of anilines is 1. The van der Waals surface area contributed by atoms with E-state index in [0.29, 0.717) is 17.2 Å². The number of aryl methyl sites for hydroxylation is 1. The van der Waals surface area contributed by atoms with Crippen LogP contribution in [0.25, 0.3) is 6.08 Å². The molecule has 0 bridgehead atoms. The van der Waals surface area contributed by atoms with E-state index in [1.165, 1.54) is 16.7 Å². The Morgan fingerprint density at radius 1 is 1.00 bits per heavy atom. The highest BCUT2D eigenvalue weighted by Gasteiger charge is 2.33. The van der Waals surface area contributed by atoms with Crippen molar-refractivity contribution in [3.05, 3.63) is 100 Å². The highest BCUT2D eigenvalue weighted by Crippen LogP contribution is 2.35. The Bertz CT molecular complexity index is 1080. The zero-order valence-corrected chi connectivity index (χ0v) is 16.8. The maximum atomic E-state index is 12.9. The van der Waals surface area contributed by atoms with E-state index in [9.17, 15) is 4.79 Å². The van der Waals surface area contributed by atoms with Crippen LogP contribution in [0.5, 0.6) is 5.75 Å². The van der Waals surface area contributed by atoms with Gasteiger partial charge in [-0.25, -0.2) is 0 Å². The van der Waals surface area contributed by atoms with E-state index in [2.05, 4.69) is 0 Å². The van der Waals surface area contributed by atoms with Crippen LogP contribution in [0.4, 0.5) is 5.69 Å². The van der Waals surface area contributed by atoms with Crippen molar-refractivity contribution >= 4 is 34.6 Å². The minimum atomic E-state index is -0.181. The van der Waals surface area contributed by atoms with Crippen LogP contribution in [0.2, 0.25) is 0 Å². The van der Waals surface area contributed by atoms with E-state index in [-0.39, 0.29) is 11.1 Å². The predicted octanol–water partition coefficient (Wildman–Crippen LogP) is 5.63. The molecule has 0 aromatic heterocycles. The normalized spacial score (nSPS) is 15.2. The third-order valence-corrected chi connectivity index (χ3v) is 5.41. The van der Waals surface area contributed by atoms with Crippen LogP contribution in [-0.4, -0.2) is 11.1 Å². The molecule has 29 heavy (non-hydrogen) atoms. The van der Waals surface area contributed by atoms with Gasteiger partial charge in [-0.2, -0.15) is 0 Å². The molecule has 0 radical (unpaired) electrons. The fourth-order valence-corrected chi connectivity index (χ4v) is 3.86. The van der Waals surface area contributed by atoms with E-state index in [1.54, 1.807) is 0 Å². The number of carbonyl (C=O) groups excluding carboxylic acids is 1. The van der Waals surface area contributed by atoms with Crippen LogP contribution >= 0.6 is 11.8 Å². The monoisotopic (exact) mass is 400 g/mol. The number of carbonyl (C=O) groups is 1. The average molecular weight is 401 g/mol. The van der Waals surface area contributed by atoms with Crippen molar-refractivity contribution in [1.29, 1.82) is 5.41 Å². The Labute approximate surface area is 174 Å². The molecular weight excluding hydrogens is 380 g/mol. The molecule has 1 saturated heterocycles. The summed E-state index contributed by atoms with van der Waals surface area (Å²) in [5.74, 6) is 0.559. The van der Waals surface area contributed by atoms with E-state index in [4.69, 9.17) is 10.1 Å². The lowest BCUT2D eigenvalue weighted by molar-refractivity contribution is -0.113. The van der Waals surface area contributed by atoms with Crippen molar-refractivity contribution in [2.24, 2.45) is 0 Å². The summed E-state index contributed by atoms with van der Waals surface area (Å²) in [7, 11) is 0. The Morgan fingerprint density at radius 2 is 1.76 bits per heavy atom. The number of benzene rings is 3. The fourth-order valence-electron chi connectivity index (χ4n) is 3.00. The number of nitrogens with one attached hydrogen (secondary N) is 1. The molecule has 1 N–H and O–H groups in total. The van der Waals surface area contributed by atoms with Gasteiger partial charge in [0.15, 0.2) is 5.17 Å². The van der Waals surface area contributed by atoms with E-state index >= 15 is 0 Å². The molecule has 1 aliphatic rings. The molecule has 3 aromatic rings. The van der Waals surface area contributed by atoms with Gasteiger partial charge in [0.25, 0.3) is 5.91 Å². The van der Waals surface area contributed by atoms with E-state index < -0.39 is 0 Å². The second-order valence-electron chi connectivity index (χ2n) is 6.74. The first-order chi connectivity index (χ1) is 14.1. The number of amidine groups is 1. The zero-order valence-electron chi connectivity index (χ0n) is 16.0. The molecule has 4 rings (SSSR count). The maximum absolute atomic E-state index is 12.9. The van der Waals surface area contributed by atoms with Crippen LogP contribution in [0.1, 0.15) is 16.7 Å². The molecule has 5 heteroatoms. The van der Waals surface area contributed by atoms with E-state index in [0.717, 1.165) is 22.4 Å². The summed E-state index contributed by atoms with van der Waals surface area (Å²) in [6.45, 7) is 2.48. The van der Waals surface area contributed by atoms with E-state index in [1.807, 2.05) is 91.9 Å². The van der Waals surface area contributed by atoms with Gasteiger partial charge in [0, 0.05) is 0 Å². The minimum absolute atomic E-state index is 0.181. The van der Waals surface area contributed by atoms with Gasteiger partial charge in [0.2, 0.25) is 0 Å². The summed E-state index contributed by atoms with van der Waals surface area (Å²) in [6, 6.07) is 25.2. The molecule has 0 aliphatic carbocycles. The predicted molar refractivity (Wildman–Crippen MR) is 119 cm³/mol. The summed E-state index contributed by atoms with van der Waals surface area (Å²) < 4.78 is 5.87. The number of ether oxygens (including phenoxy) is 1. The largest absolute Gasteiger partial charge is 0.489 e. The van der Waals surface area contributed by atoms with Crippen molar-refractivity contribution in [3.8, 4) is 5.75 Å². The first-order valence-corrected chi connectivity index (χ1v) is 10.1. The molecule has 1 aliphatic heterocycles. The fraction of sp³-hybridized carbons (Fsp3) is 0.0833. The maximum Gasteiger partial charge on any atom is 0.271 e. The summed E-state index contributed by atoms with van der Waals surface area (Å²) >= 11 is 1.17. The molecule has 4 nitrogen and oxygen atoms in total. The van der Waals surface area contributed by atoms with Gasteiger partial charge in [0.05, 0.1) is 10.6 Å². The first kappa shape index (κ1) is 19.0. The molecule has 1 fully saturated rings. The Balaban J connectivity index is 1.51. The highest BCUT2D eigenvalue weighted by atomic mass is 32.2. The molecule has 0 spiro atoms. The molecule has 0 unspecified atom stereocenters. The summed E-state index contributed by atoms with van der Waals surface area (Å²) in [5, 5.41) is 8.44. The number of rotatable bonds is 5. The molecule has 1 heterocycles. The van der Waals surface area contributed by atoms with Gasteiger partial charge in [0.1, 0.15) is 12.4 Å². The van der Waals surface area contributed by atoms with Gasteiger partial charge < -0.3 is 4.74 Å². The molecule has 144 valence electrons. The average Bonchev–Trinajstić information content (AvgIpc) is 3.01. The third kappa shape index (κ3) is 4.41. The quantitative estimate of drug-likeness (QED) is 0.565. The number of amides is 1. The van der Waals surface area contributed by atoms with Crippen molar-refractivity contribution < 1.29 is 9.53 Å². The van der Waals surface area contributed by atoms with Gasteiger partial charge >= 0.3 is 0 Å². The van der Waals surface area contributed by atoms with Crippen molar-refractivity contribution in [2.45, 2.75) is 13.5 Å². The third-order valence-electron chi connectivity index (χ3n) is 4.52. The van der Waals surface area contributed by atoms with Gasteiger partial charge in [-0.05, 0) is 60.2 Å². The molecule has 1 amide bonds. The van der Waals surface area contributed by atoms with Crippen LogP contribution in [0.15, 0.2) is 83.8 Å². The van der Waals surface area contributed by atoms with Crippen molar-refractivity contribution in [1.82, 2.24) is 0 Å². The van der Waals surface area contributed by atoms with Crippen LogP contribution in [0, 0.1) is 12.3 Å². The standard InChI is InChI=1S/C24H20N2O2S/c1-17-10-12-20(13-11-17)26-23(27)22(29-24(26)25)15-19-8-5-9-21(14-19)28-16-18-6-3-2-4-7-18/h2-15,25H,16H2,1H3/b22-15-,25-24?. The SMILES string of the molecule is Cc1ccc(N2C(=N)S/C(=C\c3cccc(OCc4ccccc4)c3)C2=O)cc1. The number of nitrogens with zero attached hydrogens (tertiary/aromatic N) is 1. The minimum Gasteiger partial charge on any atom is -0.489 e. The molecule has 0 atom stereocenters. The second-order valence-corrected chi connectivity index (χ2v) is 7.77. The summed E-state index contributed by atoms with van der Waals surface area (Å²) in [4.78, 5) is 14.8. The molecular formula is C24H20N2O2S. The second kappa shape index (κ2) is 8.37. The number of hydrogen-bond acceptors (Lipinski definition) is 4. The smallest absolute Gasteiger partial charge is 0.271 e. The lowest BCUT2D eigenvalue weighted by Gasteiger charge is -2.14. The molecule has 3 aromatic carbocycles. The van der Waals surface area contributed by atoms with Crippen molar-refractivity contribution in [3.63, 3.8) is 0 Å².